The van der Waals surface area contributed by atoms with Crippen molar-refractivity contribution in [1.82, 2.24) is 4.98 Å². The number of pyridine rings is 1. The van der Waals surface area contributed by atoms with E-state index in [1.165, 1.54) is 5.56 Å². The topological polar surface area (TPSA) is 26.0 Å². The lowest BCUT2D eigenvalue weighted by atomic mass is 10.0. The van der Waals surface area contributed by atoms with Crippen molar-refractivity contribution >= 4 is 21.9 Å². The normalized spacial score (nSPS) is 11.3. The third-order valence-electron chi connectivity index (χ3n) is 3.96. The van der Waals surface area contributed by atoms with E-state index in [-0.39, 0.29) is 0 Å². The van der Waals surface area contributed by atoms with Crippen molar-refractivity contribution in [3.63, 3.8) is 0 Å². The fraction of sp³-hybridized carbons (Fsp3) is 0.105. The van der Waals surface area contributed by atoms with E-state index >= 15 is 0 Å². The first-order valence-corrected chi connectivity index (χ1v) is 7.21. The van der Waals surface area contributed by atoms with Crippen LogP contribution >= 0.6 is 0 Å². The van der Waals surface area contributed by atoms with Crippen LogP contribution in [0.2, 0.25) is 0 Å². The van der Waals surface area contributed by atoms with E-state index in [4.69, 9.17) is 4.42 Å². The molecule has 21 heavy (non-hydrogen) atoms. The minimum absolute atomic E-state index is 0.909. The standard InChI is InChI=1S/C19H15NO/c1-2-13-7-9-14(10-8-13)16-11-20-12-17-15-5-3-4-6-18(15)21-19(16)17/h3-12H,2H2,1H3. The number of hydrogen-bond donors (Lipinski definition) is 0. The van der Waals surface area contributed by atoms with Crippen LogP contribution in [0.4, 0.5) is 0 Å². The van der Waals surface area contributed by atoms with Gasteiger partial charge in [0.15, 0.2) is 0 Å². The third kappa shape index (κ3) is 1.91. The molecule has 4 aromatic rings. The number of nitrogens with zero attached hydrogens (tertiary/aromatic N) is 1. The molecule has 0 saturated heterocycles. The zero-order valence-electron chi connectivity index (χ0n) is 11.8. The van der Waals surface area contributed by atoms with E-state index in [9.17, 15) is 0 Å². The Morgan fingerprint density at radius 3 is 2.52 bits per heavy atom. The van der Waals surface area contributed by atoms with Crippen molar-refractivity contribution in [2.45, 2.75) is 13.3 Å². The SMILES string of the molecule is CCc1ccc(-c2cncc3c2oc2ccccc23)cc1. The number of hydrogen-bond acceptors (Lipinski definition) is 2. The molecule has 2 nitrogen and oxygen atoms in total. The molecule has 2 aromatic carbocycles. The zero-order chi connectivity index (χ0) is 14.2. The fourth-order valence-corrected chi connectivity index (χ4v) is 2.76. The van der Waals surface area contributed by atoms with Crippen LogP contribution in [0.3, 0.4) is 0 Å². The van der Waals surface area contributed by atoms with E-state index in [1.54, 1.807) is 0 Å². The van der Waals surface area contributed by atoms with Crippen LogP contribution in [0.15, 0.2) is 65.3 Å². The van der Waals surface area contributed by atoms with Gasteiger partial charge < -0.3 is 4.42 Å². The predicted octanol–water partition coefficient (Wildman–Crippen LogP) is 5.21. The summed E-state index contributed by atoms with van der Waals surface area (Å²) < 4.78 is 6.05. The Hall–Kier alpha value is -2.61. The van der Waals surface area contributed by atoms with Gasteiger partial charge in [0.1, 0.15) is 11.2 Å². The van der Waals surface area contributed by atoms with Gasteiger partial charge in [-0.3, -0.25) is 4.98 Å². The first-order chi connectivity index (χ1) is 10.4. The number of furan rings is 1. The molecule has 0 amide bonds. The number of aromatic nitrogens is 1. The fourth-order valence-electron chi connectivity index (χ4n) is 2.76. The molecule has 0 N–H and O–H groups in total. The lowest BCUT2D eigenvalue weighted by Gasteiger charge is -2.03. The van der Waals surface area contributed by atoms with E-state index in [2.05, 4.69) is 42.2 Å². The highest BCUT2D eigenvalue weighted by Gasteiger charge is 2.12. The lowest BCUT2D eigenvalue weighted by molar-refractivity contribution is 0.669. The van der Waals surface area contributed by atoms with Gasteiger partial charge in [0.25, 0.3) is 0 Å². The Morgan fingerprint density at radius 1 is 0.905 bits per heavy atom. The Kier molecular flexibility index (Phi) is 2.74. The quantitative estimate of drug-likeness (QED) is 0.501. The number of rotatable bonds is 2. The highest BCUT2D eigenvalue weighted by molar-refractivity contribution is 6.08. The van der Waals surface area contributed by atoms with E-state index in [0.717, 1.165) is 39.5 Å². The van der Waals surface area contributed by atoms with Gasteiger partial charge in [-0.15, -0.1) is 0 Å². The summed E-state index contributed by atoms with van der Waals surface area (Å²) in [4.78, 5) is 4.39. The summed E-state index contributed by atoms with van der Waals surface area (Å²) in [6.07, 6.45) is 4.81. The molecule has 2 heteroatoms. The molecule has 0 bridgehead atoms. The molecule has 0 spiro atoms. The van der Waals surface area contributed by atoms with Crippen molar-refractivity contribution in [2.24, 2.45) is 0 Å². The maximum atomic E-state index is 6.05. The molecule has 2 heterocycles. The maximum Gasteiger partial charge on any atom is 0.146 e. The molecule has 4 rings (SSSR count). The Bertz CT molecular complexity index is 919. The molecule has 0 fully saturated rings. The number of para-hydroxylation sites is 1. The van der Waals surface area contributed by atoms with Crippen molar-refractivity contribution in [3.8, 4) is 11.1 Å². The van der Waals surface area contributed by atoms with Crippen LogP contribution in [0.5, 0.6) is 0 Å². The van der Waals surface area contributed by atoms with Gasteiger partial charge in [-0.25, -0.2) is 0 Å². The van der Waals surface area contributed by atoms with Gasteiger partial charge in [0.05, 0.1) is 0 Å². The number of aryl methyl sites for hydroxylation is 1. The largest absolute Gasteiger partial charge is 0.455 e. The van der Waals surface area contributed by atoms with Gasteiger partial charge >= 0.3 is 0 Å². The molecule has 0 aliphatic heterocycles. The molecule has 2 aromatic heterocycles. The van der Waals surface area contributed by atoms with Gasteiger partial charge in [0, 0.05) is 28.7 Å². The summed E-state index contributed by atoms with van der Waals surface area (Å²) in [5.74, 6) is 0. The second-order valence-corrected chi connectivity index (χ2v) is 5.21. The smallest absolute Gasteiger partial charge is 0.146 e. The van der Waals surface area contributed by atoms with Crippen molar-refractivity contribution in [1.29, 1.82) is 0 Å². The summed E-state index contributed by atoms with van der Waals surface area (Å²) in [5, 5.41) is 2.19. The molecule has 0 atom stereocenters. The van der Waals surface area contributed by atoms with E-state index < -0.39 is 0 Å². The van der Waals surface area contributed by atoms with Gasteiger partial charge in [-0.2, -0.15) is 0 Å². The van der Waals surface area contributed by atoms with Gasteiger partial charge in [-0.05, 0) is 23.6 Å². The van der Waals surface area contributed by atoms with Crippen LogP contribution in [0.25, 0.3) is 33.1 Å². The van der Waals surface area contributed by atoms with E-state index in [1.807, 2.05) is 30.6 Å². The second-order valence-electron chi connectivity index (χ2n) is 5.21. The Labute approximate surface area is 123 Å². The summed E-state index contributed by atoms with van der Waals surface area (Å²) in [6, 6.07) is 16.7. The second kappa shape index (κ2) is 4.74. The van der Waals surface area contributed by atoms with Crippen LogP contribution in [0, 0.1) is 0 Å². The highest BCUT2D eigenvalue weighted by atomic mass is 16.3. The predicted molar refractivity (Wildman–Crippen MR) is 86.3 cm³/mol. The molecular formula is C19H15NO. The summed E-state index contributed by atoms with van der Waals surface area (Å²) in [5.41, 5.74) is 5.35. The van der Waals surface area contributed by atoms with Crippen LogP contribution < -0.4 is 0 Å². The Morgan fingerprint density at radius 2 is 1.71 bits per heavy atom. The third-order valence-corrected chi connectivity index (χ3v) is 3.96. The van der Waals surface area contributed by atoms with Crippen LogP contribution in [-0.4, -0.2) is 4.98 Å². The lowest BCUT2D eigenvalue weighted by Crippen LogP contribution is -1.83. The zero-order valence-corrected chi connectivity index (χ0v) is 11.8. The molecule has 0 unspecified atom stereocenters. The number of fused-ring (bicyclic) bond motifs is 3. The molecule has 0 radical (unpaired) electrons. The maximum absolute atomic E-state index is 6.05. The van der Waals surface area contributed by atoms with Crippen LogP contribution in [0.1, 0.15) is 12.5 Å². The van der Waals surface area contributed by atoms with Crippen molar-refractivity contribution in [3.05, 3.63) is 66.5 Å². The first-order valence-electron chi connectivity index (χ1n) is 7.21. The minimum atomic E-state index is 0.909. The minimum Gasteiger partial charge on any atom is -0.455 e. The summed E-state index contributed by atoms with van der Waals surface area (Å²) in [7, 11) is 0. The average Bonchev–Trinajstić information content (AvgIpc) is 2.94. The molecular weight excluding hydrogens is 258 g/mol. The number of benzene rings is 2. The molecule has 0 aliphatic carbocycles. The van der Waals surface area contributed by atoms with Gasteiger partial charge in [-0.1, -0.05) is 49.4 Å². The average molecular weight is 273 g/mol. The summed E-state index contributed by atoms with van der Waals surface area (Å²) >= 11 is 0. The molecule has 0 saturated carbocycles. The highest BCUT2D eigenvalue weighted by Crippen LogP contribution is 2.34. The first kappa shape index (κ1) is 12.2. The van der Waals surface area contributed by atoms with E-state index in [0.29, 0.717) is 0 Å². The monoisotopic (exact) mass is 273 g/mol. The van der Waals surface area contributed by atoms with Gasteiger partial charge in [0.2, 0.25) is 0 Å². The van der Waals surface area contributed by atoms with Crippen LogP contribution in [-0.2, 0) is 6.42 Å². The van der Waals surface area contributed by atoms with Crippen molar-refractivity contribution in [2.75, 3.05) is 0 Å². The summed E-state index contributed by atoms with van der Waals surface area (Å²) in [6.45, 7) is 2.16. The Balaban J connectivity index is 1.99. The molecule has 102 valence electrons. The van der Waals surface area contributed by atoms with Crippen molar-refractivity contribution < 1.29 is 4.42 Å². The molecule has 0 aliphatic rings.